The summed E-state index contributed by atoms with van der Waals surface area (Å²) in [5.41, 5.74) is 3.13. The summed E-state index contributed by atoms with van der Waals surface area (Å²) >= 11 is 1.42. The first-order chi connectivity index (χ1) is 8.16. The van der Waals surface area contributed by atoms with Crippen LogP contribution in [-0.4, -0.2) is 21.5 Å². The summed E-state index contributed by atoms with van der Waals surface area (Å²) in [5, 5.41) is 0.780. The minimum absolute atomic E-state index is 0.134. The number of nitrogens with zero attached hydrogens (tertiary/aromatic N) is 1. The Labute approximate surface area is 105 Å². The fraction of sp³-hybridized carbons (Fsp3) is 0.231. The Morgan fingerprint density at radius 3 is 2.82 bits per heavy atom. The number of carbonyl (C=O) groups excluding carboxylic acids is 1. The maximum absolute atomic E-state index is 11.9. The van der Waals surface area contributed by atoms with E-state index in [9.17, 15) is 4.79 Å². The standard InChI is InChI=1S/C13H14N2OS/c1-9-3-4-11(7-10(9)2)12(16)8-17-13-14-5-6-15-13/h3-7H,8H2,1-2H3,(H,14,15). The third-order valence-corrected chi connectivity index (χ3v) is 3.55. The Kier molecular flexibility index (Phi) is 3.64. The zero-order valence-corrected chi connectivity index (χ0v) is 10.7. The van der Waals surface area contributed by atoms with Crippen LogP contribution in [0, 0.1) is 13.8 Å². The molecule has 1 aromatic heterocycles. The molecule has 2 rings (SSSR count). The maximum atomic E-state index is 11.9. The molecule has 1 heterocycles. The minimum atomic E-state index is 0.134. The molecular formula is C13H14N2OS. The molecule has 1 N–H and O–H groups in total. The number of Topliss-reactive ketones (excluding diaryl/α,β-unsaturated/α-hetero) is 1. The van der Waals surface area contributed by atoms with Gasteiger partial charge in [0.05, 0.1) is 5.75 Å². The highest BCUT2D eigenvalue weighted by Gasteiger charge is 2.08. The van der Waals surface area contributed by atoms with Crippen molar-refractivity contribution in [3.8, 4) is 0 Å². The second-order valence-electron chi connectivity index (χ2n) is 3.91. The largest absolute Gasteiger partial charge is 0.340 e. The van der Waals surface area contributed by atoms with Crippen LogP contribution in [0.2, 0.25) is 0 Å². The number of hydrogen-bond donors (Lipinski definition) is 1. The Morgan fingerprint density at radius 2 is 2.18 bits per heavy atom. The van der Waals surface area contributed by atoms with Gasteiger partial charge in [-0.3, -0.25) is 4.79 Å². The van der Waals surface area contributed by atoms with Crippen molar-refractivity contribution < 1.29 is 4.79 Å². The summed E-state index contributed by atoms with van der Waals surface area (Å²) < 4.78 is 0. The molecule has 0 bridgehead atoms. The van der Waals surface area contributed by atoms with Gasteiger partial charge in [0.15, 0.2) is 10.9 Å². The van der Waals surface area contributed by atoms with Crippen molar-refractivity contribution in [3.05, 3.63) is 47.3 Å². The van der Waals surface area contributed by atoms with Gasteiger partial charge in [0.1, 0.15) is 0 Å². The molecule has 0 aliphatic carbocycles. The van der Waals surface area contributed by atoms with Crippen LogP contribution >= 0.6 is 11.8 Å². The number of rotatable bonds is 4. The highest BCUT2D eigenvalue weighted by molar-refractivity contribution is 7.99. The lowest BCUT2D eigenvalue weighted by atomic mass is 10.0. The van der Waals surface area contributed by atoms with E-state index >= 15 is 0 Å². The van der Waals surface area contributed by atoms with E-state index in [4.69, 9.17) is 0 Å². The Hall–Kier alpha value is -1.55. The quantitative estimate of drug-likeness (QED) is 0.666. The van der Waals surface area contributed by atoms with E-state index in [1.54, 1.807) is 12.4 Å². The zero-order valence-electron chi connectivity index (χ0n) is 9.86. The van der Waals surface area contributed by atoms with Gasteiger partial charge in [-0.05, 0) is 31.0 Å². The fourth-order valence-electron chi connectivity index (χ4n) is 1.46. The molecular weight excluding hydrogens is 232 g/mol. The first kappa shape index (κ1) is 11.9. The monoisotopic (exact) mass is 246 g/mol. The number of hydrogen-bond acceptors (Lipinski definition) is 3. The Morgan fingerprint density at radius 1 is 1.35 bits per heavy atom. The third kappa shape index (κ3) is 2.97. The molecule has 0 fully saturated rings. The molecule has 0 amide bonds. The fourth-order valence-corrected chi connectivity index (χ4v) is 2.18. The minimum Gasteiger partial charge on any atom is -0.340 e. The first-order valence-corrected chi connectivity index (χ1v) is 6.38. The molecule has 2 aromatic rings. The number of H-pyrrole nitrogens is 1. The van der Waals surface area contributed by atoms with Crippen LogP contribution in [0.3, 0.4) is 0 Å². The van der Waals surface area contributed by atoms with Crippen LogP contribution in [-0.2, 0) is 0 Å². The number of imidazole rings is 1. The molecule has 0 radical (unpaired) electrons. The predicted molar refractivity (Wildman–Crippen MR) is 69.6 cm³/mol. The number of thioether (sulfide) groups is 1. The number of carbonyl (C=O) groups is 1. The van der Waals surface area contributed by atoms with E-state index in [-0.39, 0.29) is 5.78 Å². The Bertz CT molecular complexity index is 520. The van der Waals surface area contributed by atoms with Crippen LogP contribution < -0.4 is 0 Å². The number of aryl methyl sites for hydroxylation is 2. The van der Waals surface area contributed by atoms with Gasteiger partial charge in [-0.2, -0.15) is 0 Å². The van der Waals surface area contributed by atoms with Crippen molar-refractivity contribution in [2.45, 2.75) is 19.0 Å². The van der Waals surface area contributed by atoms with Crippen LogP contribution in [0.1, 0.15) is 21.5 Å². The lowest BCUT2D eigenvalue weighted by Crippen LogP contribution is -2.03. The summed E-state index contributed by atoms with van der Waals surface area (Å²) in [4.78, 5) is 19.0. The summed E-state index contributed by atoms with van der Waals surface area (Å²) in [7, 11) is 0. The maximum Gasteiger partial charge on any atom is 0.173 e. The lowest BCUT2D eigenvalue weighted by molar-refractivity contribution is 0.102. The van der Waals surface area contributed by atoms with Gasteiger partial charge in [-0.15, -0.1) is 0 Å². The van der Waals surface area contributed by atoms with Crippen molar-refractivity contribution >= 4 is 17.5 Å². The molecule has 0 aliphatic rings. The average molecular weight is 246 g/mol. The van der Waals surface area contributed by atoms with Crippen molar-refractivity contribution in [2.24, 2.45) is 0 Å². The normalized spacial score (nSPS) is 10.5. The van der Waals surface area contributed by atoms with E-state index in [1.165, 1.54) is 17.3 Å². The van der Waals surface area contributed by atoms with Crippen LogP contribution in [0.15, 0.2) is 35.7 Å². The lowest BCUT2D eigenvalue weighted by Gasteiger charge is -2.03. The molecule has 0 saturated carbocycles. The van der Waals surface area contributed by atoms with E-state index < -0.39 is 0 Å². The van der Waals surface area contributed by atoms with Crippen LogP contribution in [0.4, 0.5) is 0 Å². The SMILES string of the molecule is Cc1ccc(C(=O)CSc2ncc[nH]2)cc1C. The van der Waals surface area contributed by atoms with Gasteiger partial charge in [-0.25, -0.2) is 4.98 Å². The second kappa shape index (κ2) is 5.19. The van der Waals surface area contributed by atoms with E-state index in [2.05, 4.69) is 9.97 Å². The smallest absolute Gasteiger partial charge is 0.173 e. The van der Waals surface area contributed by atoms with Gasteiger partial charge in [0, 0.05) is 18.0 Å². The zero-order chi connectivity index (χ0) is 12.3. The summed E-state index contributed by atoms with van der Waals surface area (Å²) in [6.07, 6.45) is 3.44. The number of benzene rings is 1. The van der Waals surface area contributed by atoms with E-state index in [0.29, 0.717) is 5.75 Å². The number of aromatic amines is 1. The van der Waals surface area contributed by atoms with Crippen molar-refractivity contribution in [2.75, 3.05) is 5.75 Å². The molecule has 0 saturated heterocycles. The average Bonchev–Trinajstić information content (AvgIpc) is 2.82. The number of nitrogens with one attached hydrogen (secondary N) is 1. The first-order valence-electron chi connectivity index (χ1n) is 5.39. The topological polar surface area (TPSA) is 45.8 Å². The molecule has 0 unspecified atom stereocenters. The highest BCUT2D eigenvalue weighted by Crippen LogP contribution is 2.16. The second-order valence-corrected chi connectivity index (χ2v) is 4.87. The van der Waals surface area contributed by atoms with Crippen molar-refractivity contribution in [3.63, 3.8) is 0 Å². The van der Waals surface area contributed by atoms with E-state index in [1.807, 2.05) is 32.0 Å². The van der Waals surface area contributed by atoms with Gasteiger partial charge < -0.3 is 4.98 Å². The molecule has 4 heteroatoms. The third-order valence-electron chi connectivity index (χ3n) is 2.64. The van der Waals surface area contributed by atoms with Crippen LogP contribution in [0.25, 0.3) is 0 Å². The molecule has 1 aromatic carbocycles. The molecule has 17 heavy (non-hydrogen) atoms. The number of ketones is 1. The van der Waals surface area contributed by atoms with Gasteiger partial charge >= 0.3 is 0 Å². The summed E-state index contributed by atoms with van der Waals surface area (Å²) in [6, 6.07) is 5.81. The number of aromatic nitrogens is 2. The van der Waals surface area contributed by atoms with Crippen LogP contribution in [0.5, 0.6) is 0 Å². The molecule has 0 spiro atoms. The van der Waals surface area contributed by atoms with Crippen molar-refractivity contribution in [1.29, 1.82) is 0 Å². The van der Waals surface area contributed by atoms with Gasteiger partial charge in [-0.1, -0.05) is 23.9 Å². The van der Waals surface area contributed by atoms with Gasteiger partial charge in [0.25, 0.3) is 0 Å². The van der Waals surface area contributed by atoms with Gasteiger partial charge in [0.2, 0.25) is 0 Å². The molecule has 88 valence electrons. The molecule has 3 nitrogen and oxygen atoms in total. The Balaban J connectivity index is 2.02. The highest BCUT2D eigenvalue weighted by atomic mass is 32.2. The summed E-state index contributed by atoms with van der Waals surface area (Å²) in [5.74, 6) is 0.547. The molecule has 0 aliphatic heterocycles. The summed E-state index contributed by atoms with van der Waals surface area (Å²) in [6.45, 7) is 4.06. The van der Waals surface area contributed by atoms with Crippen molar-refractivity contribution in [1.82, 2.24) is 9.97 Å². The predicted octanol–water partition coefficient (Wildman–Crippen LogP) is 3.00. The van der Waals surface area contributed by atoms with E-state index in [0.717, 1.165) is 16.3 Å². The molecule has 0 atom stereocenters.